The summed E-state index contributed by atoms with van der Waals surface area (Å²) in [5.74, 6) is -0.275. The zero-order valence-electron chi connectivity index (χ0n) is 14.7. The lowest BCUT2D eigenvalue weighted by atomic mass is 10.2. The van der Waals surface area contributed by atoms with Crippen LogP contribution in [0.1, 0.15) is 23.0 Å². The number of nitrogens with one attached hydrogen (secondary N) is 1. The van der Waals surface area contributed by atoms with Gasteiger partial charge in [-0.15, -0.1) is 0 Å². The number of nitrogens with zero attached hydrogens (tertiary/aromatic N) is 2. The smallest absolute Gasteiger partial charge is 0.276 e. The van der Waals surface area contributed by atoms with Crippen LogP contribution < -0.4 is 15.6 Å². The van der Waals surface area contributed by atoms with Gasteiger partial charge in [-0.25, -0.2) is 9.07 Å². The van der Waals surface area contributed by atoms with Crippen molar-refractivity contribution in [2.45, 2.75) is 13.5 Å². The molecule has 0 saturated heterocycles. The highest BCUT2D eigenvalue weighted by Gasteiger charge is 2.13. The van der Waals surface area contributed by atoms with Gasteiger partial charge in [0.25, 0.3) is 11.5 Å². The van der Waals surface area contributed by atoms with Crippen LogP contribution in [-0.4, -0.2) is 22.3 Å². The van der Waals surface area contributed by atoms with Crippen LogP contribution in [-0.2, 0) is 6.54 Å². The maximum absolute atomic E-state index is 13.0. The summed E-state index contributed by atoms with van der Waals surface area (Å²) in [7, 11) is 0. The van der Waals surface area contributed by atoms with Crippen LogP contribution in [0.4, 0.5) is 10.1 Å². The van der Waals surface area contributed by atoms with Crippen molar-refractivity contribution < 1.29 is 13.9 Å². The third kappa shape index (κ3) is 4.58. The first-order chi connectivity index (χ1) is 13.1. The number of para-hydroxylation sites is 2. The molecule has 0 atom stereocenters. The van der Waals surface area contributed by atoms with Crippen molar-refractivity contribution in [3.63, 3.8) is 0 Å². The number of ether oxygens (including phenoxy) is 1. The molecule has 1 aromatic heterocycles. The molecular weight excluding hydrogens is 349 g/mol. The molecule has 0 unspecified atom stereocenters. The van der Waals surface area contributed by atoms with E-state index in [1.165, 1.54) is 24.3 Å². The highest BCUT2D eigenvalue weighted by atomic mass is 19.1. The fourth-order valence-corrected chi connectivity index (χ4v) is 2.48. The quantitative estimate of drug-likeness (QED) is 0.727. The highest BCUT2D eigenvalue weighted by Crippen LogP contribution is 2.24. The molecule has 1 N–H and O–H groups in total. The Morgan fingerprint density at radius 1 is 1.11 bits per heavy atom. The minimum absolute atomic E-state index is 0.0861. The lowest BCUT2D eigenvalue weighted by Gasteiger charge is -2.11. The average Bonchev–Trinajstić information content (AvgIpc) is 2.67. The minimum Gasteiger partial charge on any atom is -0.492 e. The Morgan fingerprint density at radius 3 is 2.59 bits per heavy atom. The van der Waals surface area contributed by atoms with E-state index in [9.17, 15) is 14.0 Å². The van der Waals surface area contributed by atoms with Crippen LogP contribution in [0, 0.1) is 5.82 Å². The molecular formula is C20H18FN3O3. The van der Waals surface area contributed by atoms with Gasteiger partial charge in [-0.1, -0.05) is 24.3 Å². The van der Waals surface area contributed by atoms with Crippen molar-refractivity contribution in [2.24, 2.45) is 0 Å². The van der Waals surface area contributed by atoms with E-state index in [1.807, 2.05) is 13.0 Å². The van der Waals surface area contributed by atoms with E-state index in [4.69, 9.17) is 4.74 Å². The van der Waals surface area contributed by atoms with Crippen molar-refractivity contribution in [2.75, 3.05) is 11.9 Å². The number of halogens is 1. The van der Waals surface area contributed by atoms with E-state index < -0.39 is 5.91 Å². The Bertz CT molecular complexity index is 1000. The molecule has 0 aliphatic carbocycles. The Kier molecular flexibility index (Phi) is 5.61. The first-order valence-corrected chi connectivity index (χ1v) is 8.42. The number of anilines is 1. The summed E-state index contributed by atoms with van der Waals surface area (Å²) in [6.07, 6.45) is 0. The third-order valence-corrected chi connectivity index (χ3v) is 3.78. The zero-order valence-corrected chi connectivity index (χ0v) is 14.7. The third-order valence-electron chi connectivity index (χ3n) is 3.78. The molecule has 7 heteroatoms. The fourth-order valence-electron chi connectivity index (χ4n) is 2.48. The van der Waals surface area contributed by atoms with E-state index in [0.717, 1.165) is 4.68 Å². The Balaban J connectivity index is 1.82. The van der Waals surface area contributed by atoms with Crippen molar-refractivity contribution in [1.82, 2.24) is 9.78 Å². The lowest BCUT2D eigenvalue weighted by Crippen LogP contribution is -2.26. The number of hydrogen-bond donors (Lipinski definition) is 1. The van der Waals surface area contributed by atoms with Crippen molar-refractivity contribution in [3.8, 4) is 5.75 Å². The van der Waals surface area contributed by atoms with E-state index in [0.29, 0.717) is 23.6 Å². The summed E-state index contributed by atoms with van der Waals surface area (Å²) < 4.78 is 19.7. The van der Waals surface area contributed by atoms with E-state index >= 15 is 0 Å². The topological polar surface area (TPSA) is 73.2 Å². The molecule has 1 amide bonds. The van der Waals surface area contributed by atoms with Crippen LogP contribution in [0.2, 0.25) is 0 Å². The summed E-state index contributed by atoms with van der Waals surface area (Å²) in [4.78, 5) is 24.6. The van der Waals surface area contributed by atoms with Gasteiger partial charge in [0.2, 0.25) is 0 Å². The van der Waals surface area contributed by atoms with E-state index in [-0.39, 0.29) is 23.6 Å². The van der Waals surface area contributed by atoms with Gasteiger partial charge in [0.05, 0.1) is 18.8 Å². The molecule has 0 radical (unpaired) electrons. The van der Waals surface area contributed by atoms with Crippen molar-refractivity contribution in [1.29, 1.82) is 0 Å². The van der Waals surface area contributed by atoms with Crippen LogP contribution in [0.3, 0.4) is 0 Å². The SMILES string of the molecule is CCOc1ccccc1NC(=O)c1ccc(=O)n(Cc2ccc(F)cc2)n1. The molecule has 0 fully saturated rings. The van der Waals surface area contributed by atoms with Gasteiger partial charge in [-0.3, -0.25) is 9.59 Å². The van der Waals surface area contributed by atoms with Crippen molar-refractivity contribution >= 4 is 11.6 Å². The molecule has 138 valence electrons. The second-order valence-corrected chi connectivity index (χ2v) is 5.72. The molecule has 3 aromatic rings. The van der Waals surface area contributed by atoms with Gasteiger partial charge in [-0.2, -0.15) is 5.10 Å². The van der Waals surface area contributed by atoms with Gasteiger partial charge < -0.3 is 10.1 Å². The Hall–Kier alpha value is -3.48. The minimum atomic E-state index is -0.463. The maximum atomic E-state index is 13.0. The predicted octanol–water partition coefficient (Wildman–Crippen LogP) is 3.08. The monoisotopic (exact) mass is 367 g/mol. The van der Waals surface area contributed by atoms with Gasteiger partial charge in [-0.05, 0) is 42.8 Å². The molecule has 1 heterocycles. The number of amides is 1. The number of hydrogen-bond acceptors (Lipinski definition) is 4. The van der Waals surface area contributed by atoms with Gasteiger partial charge in [0, 0.05) is 6.07 Å². The molecule has 2 aromatic carbocycles. The van der Waals surface area contributed by atoms with Crippen LogP contribution >= 0.6 is 0 Å². The molecule has 0 spiro atoms. The number of aromatic nitrogens is 2. The molecule has 0 saturated carbocycles. The first kappa shape index (κ1) is 18.3. The second-order valence-electron chi connectivity index (χ2n) is 5.72. The lowest BCUT2D eigenvalue weighted by molar-refractivity contribution is 0.101. The molecule has 0 aliphatic heterocycles. The summed E-state index contributed by atoms with van der Waals surface area (Å²) >= 11 is 0. The summed E-state index contributed by atoms with van der Waals surface area (Å²) in [6, 6.07) is 15.4. The second kappa shape index (κ2) is 8.27. The Morgan fingerprint density at radius 2 is 1.85 bits per heavy atom. The molecule has 6 nitrogen and oxygen atoms in total. The predicted molar refractivity (Wildman–Crippen MR) is 99.6 cm³/mol. The summed E-state index contributed by atoms with van der Waals surface area (Å²) in [5.41, 5.74) is 0.946. The maximum Gasteiger partial charge on any atom is 0.276 e. The van der Waals surface area contributed by atoms with Crippen LogP contribution in [0.25, 0.3) is 0 Å². The van der Waals surface area contributed by atoms with Gasteiger partial charge in [0.15, 0.2) is 0 Å². The number of benzene rings is 2. The summed E-state index contributed by atoms with van der Waals surface area (Å²) in [5, 5.41) is 6.86. The number of carbonyl (C=O) groups is 1. The van der Waals surface area contributed by atoms with E-state index in [2.05, 4.69) is 10.4 Å². The first-order valence-electron chi connectivity index (χ1n) is 8.42. The molecule has 3 rings (SSSR count). The van der Waals surface area contributed by atoms with Gasteiger partial charge in [0.1, 0.15) is 17.3 Å². The molecule has 0 bridgehead atoms. The van der Waals surface area contributed by atoms with Crippen LogP contribution in [0.5, 0.6) is 5.75 Å². The molecule has 0 aliphatic rings. The van der Waals surface area contributed by atoms with Crippen LogP contribution in [0.15, 0.2) is 65.5 Å². The zero-order chi connectivity index (χ0) is 19.2. The highest BCUT2D eigenvalue weighted by molar-refractivity contribution is 6.03. The normalized spacial score (nSPS) is 10.4. The van der Waals surface area contributed by atoms with Crippen molar-refractivity contribution in [3.05, 3.63) is 88.1 Å². The molecule has 27 heavy (non-hydrogen) atoms. The number of carbonyl (C=O) groups excluding carboxylic acids is 1. The standard InChI is InChI=1S/C20H18FN3O3/c1-2-27-18-6-4-3-5-16(18)22-20(26)17-11-12-19(25)24(23-17)13-14-7-9-15(21)10-8-14/h3-12H,2,13H2,1H3,(H,22,26). The van der Waals surface area contributed by atoms with Gasteiger partial charge >= 0.3 is 0 Å². The summed E-state index contributed by atoms with van der Waals surface area (Å²) in [6.45, 7) is 2.45. The Labute approximate surface area is 155 Å². The largest absolute Gasteiger partial charge is 0.492 e. The fraction of sp³-hybridized carbons (Fsp3) is 0.150. The number of rotatable bonds is 6. The van der Waals surface area contributed by atoms with E-state index in [1.54, 1.807) is 30.3 Å². The average molecular weight is 367 g/mol.